The van der Waals surface area contributed by atoms with E-state index < -0.39 is 17.1 Å². The molecule has 4 aromatic rings. The first-order valence-corrected chi connectivity index (χ1v) is 16.1. The number of para-hydroxylation sites is 1. The second kappa shape index (κ2) is 11.4. The molecule has 2 unspecified atom stereocenters. The lowest BCUT2D eigenvalue weighted by Crippen LogP contribution is -2.33. The van der Waals surface area contributed by atoms with E-state index >= 15 is 0 Å². The van der Waals surface area contributed by atoms with Gasteiger partial charge in [-0.15, -0.1) is 0 Å². The van der Waals surface area contributed by atoms with Crippen molar-refractivity contribution < 1.29 is 19.1 Å². The molecule has 3 heterocycles. The van der Waals surface area contributed by atoms with Crippen molar-refractivity contribution in [3.63, 3.8) is 0 Å². The first-order valence-electron chi connectivity index (χ1n) is 14.4. The minimum absolute atomic E-state index is 0.0719. The average Bonchev–Trinajstić information content (AvgIpc) is 3.44. The minimum atomic E-state index is -0.760. The molecule has 2 aliphatic heterocycles. The molecule has 226 valence electrons. The Morgan fingerprint density at radius 3 is 2.25 bits per heavy atom. The van der Waals surface area contributed by atoms with Crippen LogP contribution in [0.3, 0.4) is 0 Å². The predicted molar refractivity (Wildman–Crippen MR) is 174 cm³/mol. The fraction of sp³-hybridized carbons (Fsp3) is 0.294. The van der Waals surface area contributed by atoms with E-state index in [-0.39, 0.29) is 34.6 Å². The monoisotopic (exact) mass is 627 g/mol. The Labute approximate surface area is 264 Å². The molecule has 1 saturated heterocycles. The van der Waals surface area contributed by atoms with E-state index in [1.54, 1.807) is 31.4 Å². The zero-order chi connectivity index (χ0) is 31.3. The highest BCUT2D eigenvalue weighted by atomic mass is 32.2. The molecule has 3 amide bonds. The minimum Gasteiger partial charge on any atom is -0.497 e. The summed E-state index contributed by atoms with van der Waals surface area (Å²) >= 11 is 2.25. The molecule has 1 aromatic heterocycles. The number of hydrogen-bond acceptors (Lipinski definition) is 7. The number of fused-ring (bicyclic) bond motifs is 2. The number of hydrogen-bond donors (Lipinski definition) is 1. The number of rotatable bonds is 6. The molecule has 1 N–H and O–H groups in total. The van der Waals surface area contributed by atoms with Gasteiger partial charge in [-0.1, -0.05) is 86.3 Å². The van der Waals surface area contributed by atoms with E-state index in [9.17, 15) is 19.2 Å². The van der Waals surface area contributed by atoms with E-state index in [0.717, 1.165) is 28.0 Å². The SMILES string of the molecule is COc1ccc(N2C(=O)C3Sc4c(sc(=O)n4CC(=O)Nc4ccccc4C)[C@H](c4ccc(C(C)(C)C)cc4)C3C2=O)cc1. The highest BCUT2D eigenvalue weighted by Crippen LogP contribution is 2.54. The van der Waals surface area contributed by atoms with Crippen LogP contribution in [0, 0.1) is 12.8 Å². The van der Waals surface area contributed by atoms with Crippen molar-refractivity contribution >= 4 is 52.2 Å². The number of thiazole rings is 1. The number of amides is 3. The molecule has 0 saturated carbocycles. The second-order valence-corrected chi connectivity index (χ2v) is 14.2. The van der Waals surface area contributed by atoms with Crippen molar-refractivity contribution in [3.8, 4) is 5.75 Å². The normalized spacial score (nSPS) is 19.5. The molecule has 3 atom stereocenters. The molecular weight excluding hydrogens is 595 g/mol. The lowest BCUT2D eigenvalue weighted by atomic mass is 9.81. The van der Waals surface area contributed by atoms with E-state index in [4.69, 9.17) is 4.74 Å². The number of methoxy groups -OCH3 is 1. The molecule has 0 bridgehead atoms. The average molecular weight is 628 g/mol. The maximum absolute atomic E-state index is 14.1. The molecule has 1 fully saturated rings. The number of anilines is 2. The molecule has 0 radical (unpaired) electrons. The summed E-state index contributed by atoms with van der Waals surface area (Å²) in [5, 5.41) is 2.70. The largest absolute Gasteiger partial charge is 0.497 e. The summed E-state index contributed by atoms with van der Waals surface area (Å²) in [7, 11) is 1.56. The van der Waals surface area contributed by atoms with Crippen LogP contribution < -0.4 is 19.8 Å². The van der Waals surface area contributed by atoms with Gasteiger partial charge in [0, 0.05) is 16.5 Å². The first kappa shape index (κ1) is 29.9. The van der Waals surface area contributed by atoms with Gasteiger partial charge in [0.15, 0.2) is 0 Å². The third-order valence-electron chi connectivity index (χ3n) is 8.24. The number of imide groups is 1. The Bertz CT molecular complexity index is 1820. The Morgan fingerprint density at radius 2 is 1.61 bits per heavy atom. The maximum Gasteiger partial charge on any atom is 0.308 e. The van der Waals surface area contributed by atoms with Crippen LogP contribution in [0.1, 0.15) is 48.3 Å². The molecule has 2 aliphatic rings. The highest BCUT2D eigenvalue weighted by molar-refractivity contribution is 8.00. The van der Waals surface area contributed by atoms with Crippen molar-refractivity contribution in [2.45, 2.75) is 55.8 Å². The van der Waals surface area contributed by atoms with Gasteiger partial charge < -0.3 is 10.1 Å². The summed E-state index contributed by atoms with van der Waals surface area (Å²) in [6, 6.07) is 22.4. The van der Waals surface area contributed by atoms with Crippen LogP contribution in [-0.4, -0.2) is 34.6 Å². The van der Waals surface area contributed by atoms with Gasteiger partial charge in [0.25, 0.3) is 0 Å². The molecule has 0 aliphatic carbocycles. The Kier molecular flexibility index (Phi) is 7.75. The van der Waals surface area contributed by atoms with Gasteiger partial charge in [0.2, 0.25) is 17.7 Å². The zero-order valence-corrected chi connectivity index (χ0v) is 26.8. The van der Waals surface area contributed by atoms with Crippen molar-refractivity contribution in [3.05, 3.63) is 104 Å². The topological polar surface area (TPSA) is 97.7 Å². The number of aryl methyl sites for hydroxylation is 1. The lowest BCUT2D eigenvalue weighted by molar-refractivity contribution is -0.122. The van der Waals surface area contributed by atoms with Crippen LogP contribution in [0.25, 0.3) is 0 Å². The number of aromatic nitrogens is 1. The van der Waals surface area contributed by atoms with Gasteiger partial charge in [0.05, 0.1) is 23.7 Å². The van der Waals surface area contributed by atoms with E-state index in [0.29, 0.717) is 27.0 Å². The summed E-state index contributed by atoms with van der Waals surface area (Å²) in [6.07, 6.45) is 0. The summed E-state index contributed by atoms with van der Waals surface area (Å²) in [6.45, 7) is 8.09. The standard InChI is InChI=1S/C34H33N3O5S2/c1-19-8-6-7-9-24(19)35-25(38)18-36-32-29(44-33(36)41)26(20-10-12-21(13-11-20)34(2,3)4)27-28(43-32)31(40)37(30(27)39)22-14-16-23(42-5)17-15-22/h6-17,26-28H,18H2,1-5H3,(H,35,38)/t26-,27?,28?/m1/s1. The number of carbonyl (C=O) groups is 3. The number of thioether (sulfide) groups is 1. The molecule has 44 heavy (non-hydrogen) atoms. The fourth-order valence-electron chi connectivity index (χ4n) is 5.84. The Morgan fingerprint density at radius 1 is 0.932 bits per heavy atom. The second-order valence-electron chi connectivity index (χ2n) is 12.1. The van der Waals surface area contributed by atoms with Gasteiger partial charge in [-0.3, -0.25) is 23.7 Å². The smallest absolute Gasteiger partial charge is 0.308 e. The number of nitrogens with zero attached hydrogens (tertiary/aromatic N) is 2. The molecule has 10 heteroatoms. The van der Waals surface area contributed by atoms with Crippen LogP contribution in [-0.2, 0) is 26.3 Å². The van der Waals surface area contributed by atoms with Gasteiger partial charge in [0.1, 0.15) is 17.5 Å². The van der Waals surface area contributed by atoms with Crippen LogP contribution in [0.2, 0.25) is 0 Å². The van der Waals surface area contributed by atoms with Crippen molar-refractivity contribution in [2.75, 3.05) is 17.3 Å². The molecule has 0 spiro atoms. The summed E-state index contributed by atoms with van der Waals surface area (Å²) in [4.78, 5) is 56.4. The Balaban J connectivity index is 1.42. The number of benzene rings is 3. The summed E-state index contributed by atoms with van der Waals surface area (Å²) in [5.41, 5.74) is 3.96. The molecule has 6 rings (SSSR count). The van der Waals surface area contributed by atoms with Crippen molar-refractivity contribution in [1.82, 2.24) is 4.57 Å². The third-order valence-corrected chi connectivity index (χ3v) is 10.8. The van der Waals surface area contributed by atoms with E-state index in [1.807, 2.05) is 55.5 Å². The predicted octanol–water partition coefficient (Wildman–Crippen LogP) is 5.96. The fourth-order valence-corrected chi connectivity index (χ4v) is 8.61. The van der Waals surface area contributed by atoms with E-state index in [2.05, 4.69) is 26.1 Å². The number of nitrogens with one attached hydrogen (secondary N) is 1. The summed E-state index contributed by atoms with van der Waals surface area (Å²) in [5.74, 6) is -1.61. The molecular formula is C34H33N3O5S2. The highest BCUT2D eigenvalue weighted by Gasteiger charge is 2.56. The third kappa shape index (κ3) is 5.26. The summed E-state index contributed by atoms with van der Waals surface area (Å²) < 4.78 is 6.71. The van der Waals surface area contributed by atoms with Crippen molar-refractivity contribution in [1.29, 1.82) is 0 Å². The Hall–Kier alpha value is -4.15. The first-order chi connectivity index (χ1) is 21.0. The van der Waals surface area contributed by atoms with Crippen LogP contribution >= 0.6 is 23.1 Å². The molecule has 3 aromatic carbocycles. The van der Waals surface area contributed by atoms with Crippen LogP contribution in [0.5, 0.6) is 5.75 Å². The van der Waals surface area contributed by atoms with Gasteiger partial charge >= 0.3 is 4.87 Å². The quantitative estimate of drug-likeness (QED) is 0.265. The zero-order valence-electron chi connectivity index (χ0n) is 25.1. The number of carbonyl (C=O) groups excluding carboxylic acids is 3. The van der Waals surface area contributed by atoms with Crippen LogP contribution in [0.4, 0.5) is 11.4 Å². The van der Waals surface area contributed by atoms with Crippen LogP contribution in [0.15, 0.2) is 82.6 Å². The number of ether oxygens (including phenoxy) is 1. The van der Waals surface area contributed by atoms with Gasteiger partial charge in [-0.05, 0) is 59.4 Å². The van der Waals surface area contributed by atoms with Crippen molar-refractivity contribution in [2.24, 2.45) is 5.92 Å². The maximum atomic E-state index is 14.1. The van der Waals surface area contributed by atoms with Gasteiger partial charge in [-0.2, -0.15) is 0 Å². The van der Waals surface area contributed by atoms with E-state index in [1.165, 1.54) is 21.2 Å². The lowest BCUT2D eigenvalue weighted by Gasteiger charge is -2.31. The molecule has 8 nitrogen and oxygen atoms in total. The van der Waals surface area contributed by atoms with Gasteiger partial charge in [-0.25, -0.2) is 4.90 Å².